The van der Waals surface area contributed by atoms with E-state index in [1.54, 1.807) is 30.3 Å². The van der Waals surface area contributed by atoms with Crippen LogP contribution in [0.15, 0.2) is 47.6 Å². The van der Waals surface area contributed by atoms with Crippen LogP contribution in [0.1, 0.15) is 11.3 Å². The summed E-state index contributed by atoms with van der Waals surface area (Å²) in [6.45, 7) is 8.36. The molecule has 0 saturated heterocycles. The molecule has 128 valence electrons. The van der Waals surface area contributed by atoms with Gasteiger partial charge in [0.15, 0.2) is 5.65 Å². The minimum atomic E-state index is -3.70. The van der Waals surface area contributed by atoms with E-state index in [1.807, 2.05) is 6.92 Å². The van der Waals surface area contributed by atoms with E-state index in [9.17, 15) is 8.42 Å². The van der Waals surface area contributed by atoms with Crippen LogP contribution in [0.2, 0.25) is 19.6 Å². The van der Waals surface area contributed by atoms with Gasteiger partial charge in [-0.25, -0.2) is 22.4 Å². The summed E-state index contributed by atoms with van der Waals surface area (Å²) >= 11 is 0. The van der Waals surface area contributed by atoms with E-state index in [1.165, 1.54) is 12.4 Å². The number of benzene rings is 1. The maximum absolute atomic E-state index is 12.8. The van der Waals surface area contributed by atoms with Crippen LogP contribution in [0.25, 0.3) is 11.2 Å². The number of nitrogens with zero attached hydrogens (tertiary/aromatic N) is 3. The Labute approximate surface area is 148 Å². The van der Waals surface area contributed by atoms with E-state index in [0.717, 1.165) is 9.54 Å². The van der Waals surface area contributed by atoms with Crippen molar-refractivity contribution in [2.24, 2.45) is 0 Å². The van der Waals surface area contributed by atoms with Gasteiger partial charge < -0.3 is 0 Å². The number of hydrogen-bond acceptors (Lipinski definition) is 4. The van der Waals surface area contributed by atoms with Crippen LogP contribution in [-0.4, -0.2) is 30.4 Å². The van der Waals surface area contributed by atoms with Crippen molar-refractivity contribution in [2.45, 2.75) is 31.5 Å². The fourth-order valence-electron chi connectivity index (χ4n) is 2.22. The molecule has 3 aromatic rings. The maximum Gasteiger partial charge on any atom is 0.269 e. The molecule has 5 nitrogen and oxygen atoms in total. The average molecular weight is 370 g/mol. The highest BCUT2D eigenvalue weighted by atomic mass is 32.2. The summed E-state index contributed by atoms with van der Waals surface area (Å²) in [5.74, 6) is 3.04. The van der Waals surface area contributed by atoms with Gasteiger partial charge in [-0.2, -0.15) is 0 Å². The molecule has 0 aliphatic heterocycles. The number of aryl methyl sites for hydroxylation is 1. The van der Waals surface area contributed by atoms with Crippen molar-refractivity contribution in [1.82, 2.24) is 13.9 Å². The fraction of sp³-hybridized carbons (Fsp3) is 0.222. The van der Waals surface area contributed by atoms with E-state index >= 15 is 0 Å². The first-order chi connectivity index (χ1) is 11.7. The molecule has 2 heterocycles. The lowest BCUT2D eigenvalue weighted by molar-refractivity contribution is 0.588. The second-order valence-corrected chi connectivity index (χ2v) is 13.5. The maximum atomic E-state index is 12.8. The van der Waals surface area contributed by atoms with Gasteiger partial charge in [0.2, 0.25) is 0 Å². The first-order valence-corrected chi connectivity index (χ1v) is 12.8. The molecule has 0 N–H and O–H groups in total. The molecule has 7 heteroatoms. The number of hydrogen-bond donors (Lipinski definition) is 0. The Hall–Kier alpha value is -2.43. The predicted molar refractivity (Wildman–Crippen MR) is 102 cm³/mol. The smallest absolute Gasteiger partial charge is 0.234 e. The van der Waals surface area contributed by atoms with Crippen molar-refractivity contribution < 1.29 is 8.42 Å². The van der Waals surface area contributed by atoms with Crippen LogP contribution in [-0.2, 0) is 10.0 Å². The van der Waals surface area contributed by atoms with Gasteiger partial charge in [0.25, 0.3) is 10.0 Å². The molecule has 0 saturated carbocycles. The largest absolute Gasteiger partial charge is 0.269 e. The zero-order valence-electron chi connectivity index (χ0n) is 14.6. The van der Waals surface area contributed by atoms with Crippen LogP contribution in [0.4, 0.5) is 0 Å². The van der Waals surface area contributed by atoms with Crippen molar-refractivity contribution in [1.29, 1.82) is 0 Å². The highest BCUT2D eigenvalue weighted by molar-refractivity contribution is 7.90. The molecule has 0 aliphatic rings. The first kappa shape index (κ1) is 17.4. The van der Waals surface area contributed by atoms with Gasteiger partial charge in [-0.15, -0.1) is 5.54 Å². The molecule has 0 atom stereocenters. The Morgan fingerprint density at radius 3 is 2.40 bits per heavy atom. The third kappa shape index (κ3) is 3.65. The molecule has 25 heavy (non-hydrogen) atoms. The highest BCUT2D eigenvalue weighted by Gasteiger charge is 2.20. The molecule has 0 aliphatic carbocycles. The van der Waals surface area contributed by atoms with Crippen molar-refractivity contribution in [3.05, 3.63) is 54.0 Å². The Bertz CT molecular complexity index is 1100. The van der Waals surface area contributed by atoms with E-state index in [-0.39, 0.29) is 4.90 Å². The second-order valence-electron chi connectivity index (χ2n) is 6.89. The molecule has 2 aromatic heterocycles. The number of fused-ring (bicyclic) bond motifs is 1. The van der Waals surface area contributed by atoms with Gasteiger partial charge in [-0.3, -0.25) is 0 Å². The van der Waals surface area contributed by atoms with Gasteiger partial charge in [0.05, 0.1) is 11.1 Å². The Balaban J connectivity index is 2.06. The minimum absolute atomic E-state index is 0.222. The van der Waals surface area contributed by atoms with Crippen LogP contribution in [0.3, 0.4) is 0 Å². The zero-order valence-corrected chi connectivity index (χ0v) is 16.4. The molecule has 0 unspecified atom stereocenters. The van der Waals surface area contributed by atoms with Gasteiger partial charge in [-0.1, -0.05) is 43.3 Å². The minimum Gasteiger partial charge on any atom is -0.234 e. The molecule has 0 radical (unpaired) electrons. The first-order valence-electron chi connectivity index (χ1n) is 7.86. The van der Waals surface area contributed by atoms with E-state index in [2.05, 4.69) is 41.1 Å². The van der Waals surface area contributed by atoms with Crippen molar-refractivity contribution in [3.8, 4) is 11.5 Å². The Morgan fingerprint density at radius 1 is 1.08 bits per heavy atom. The summed E-state index contributed by atoms with van der Waals surface area (Å²) in [6, 6.07) is 8.38. The van der Waals surface area contributed by atoms with Crippen LogP contribution >= 0.6 is 0 Å². The predicted octanol–water partition coefficient (Wildman–Crippen LogP) is 3.21. The standard InChI is InChI=1S/C18H19N3O2SSi/c1-14-5-7-16(8-6-14)24(22,23)21-11-9-17-18(21)19-13-15(20-17)10-12-25(2,3)4/h5-9,11,13H,1-4H3. The van der Waals surface area contributed by atoms with Gasteiger partial charge in [0.1, 0.15) is 19.3 Å². The van der Waals surface area contributed by atoms with E-state index in [0.29, 0.717) is 16.9 Å². The quantitative estimate of drug-likeness (QED) is 0.514. The molecule has 0 spiro atoms. The molecule has 1 aromatic carbocycles. The molecular weight excluding hydrogens is 350 g/mol. The van der Waals surface area contributed by atoms with Crippen molar-refractivity contribution >= 4 is 29.3 Å². The summed E-state index contributed by atoms with van der Waals surface area (Å²) in [7, 11) is -5.21. The number of aromatic nitrogens is 3. The highest BCUT2D eigenvalue weighted by Crippen LogP contribution is 2.20. The van der Waals surface area contributed by atoms with Gasteiger partial charge in [-0.05, 0) is 25.1 Å². The van der Waals surface area contributed by atoms with Crippen LogP contribution in [0, 0.1) is 18.4 Å². The fourth-order valence-corrected chi connectivity index (χ4v) is 4.02. The van der Waals surface area contributed by atoms with Gasteiger partial charge in [0, 0.05) is 6.20 Å². The molecular formula is C18H19N3O2SSi. The van der Waals surface area contributed by atoms with Crippen molar-refractivity contribution in [3.63, 3.8) is 0 Å². The number of rotatable bonds is 2. The van der Waals surface area contributed by atoms with E-state index in [4.69, 9.17) is 0 Å². The summed E-state index contributed by atoms with van der Waals surface area (Å²) in [6.07, 6.45) is 3.01. The van der Waals surface area contributed by atoms with Gasteiger partial charge >= 0.3 is 0 Å². The lowest BCUT2D eigenvalue weighted by Crippen LogP contribution is -2.16. The summed E-state index contributed by atoms with van der Waals surface area (Å²) in [5.41, 5.74) is 5.61. The summed E-state index contributed by atoms with van der Waals surface area (Å²) < 4.78 is 26.8. The normalized spacial score (nSPS) is 12.0. The Morgan fingerprint density at radius 2 is 1.76 bits per heavy atom. The third-order valence-corrected chi connectivity index (χ3v) is 6.05. The average Bonchev–Trinajstić information content (AvgIpc) is 2.96. The lowest BCUT2D eigenvalue weighted by Gasteiger charge is -2.07. The SMILES string of the molecule is Cc1ccc(S(=O)(=O)n2ccc3nc(C#C[Si](C)(C)C)cnc32)cc1. The molecule has 0 bridgehead atoms. The topological polar surface area (TPSA) is 64.8 Å². The van der Waals surface area contributed by atoms with Crippen LogP contribution in [0.5, 0.6) is 0 Å². The van der Waals surface area contributed by atoms with Crippen LogP contribution < -0.4 is 0 Å². The second kappa shape index (κ2) is 6.13. The van der Waals surface area contributed by atoms with E-state index < -0.39 is 18.1 Å². The van der Waals surface area contributed by atoms with Crippen molar-refractivity contribution in [2.75, 3.05) is 0 Å². The summed E-state index contributed by atoms with van der Waals surface area (Å²) in [4.78, 5) is 8.93. The molecule has 0 fully saturated rings. The Kier molecular flexibility index (Phi) is 4.27. The zero-order chi connectivity index (χ0) is 18.2. The lowest BCUT2D eigenvalue weighted by atomic mass is 10.2. The summed E-state index contributed by atoms with van der Waals surface area (Å²) in [5, 5.41) is 0. The molecule has 0 amide bonds. The third-order valence-electron chi connectivity index (χ3n) is 3.50. The molecule has 3 rings (SSSR count). The monoisotopic (exact) mass is 369 g/mol.